The summed E-state index contributed by atoms with van der Waals surface area (Å²) in [5.74, 6) is 0.954. The Balaban J connectivity index is 2.18. The van der Waals surface area contributed by atoms with Crippen LogP contribution in [0.5, 0.6) is 0 Å². The lowest BCUT2D eigenvalue weighted by Crippen LogP contribution is -2.31. The first-order chi connectivity index (χ1) is 13.9. The van der Waals surface area contributed by atoms with Gasteiger partial charge in [0.15, 0.2) is 0 Å². The summed E-state index contributed by atoms with van der Waals surface area (Å²) in [5, 5.41) is 13.0. The highest BCUT2D eigenvalue weighted by Crippen LogP contribution is 2.34. The second kappa shape index (κ2) is 15.6. The van der Waals surface area contributed by atoms with Crippen LogP contribution < -0.4 is 5.32 Å². The lowest BCUT2D eigenvalue weighted by atomic mass is 9.89. The van der Waals surface area contributed by atoms with Crippen molar-refractivity contribution in [3.8, 4) is 0 Å². The Kier molecular flexibility index (Phi) is 13.9. The molecule has 1 rings (SSSR count). The number of hydrogen-bond donors (Lipinski definition) is 2. The van der Waals surface area contributed by atoms with E-state index in [1.165, 1.54) is 0 Å². The summed E-state index contributed by atoms with van der Waals surface area (Å²) in [4.78, 5) is 26.1. The normalized spacial score (nSPS) is 20.7. The molecule has 0 radical (unpaired) electrons. The molecule has 0 aliphatic heterocycles. The van der Waals surface area contributed by atoms with Gasteiger partial charge in [0.2, 0.25) is 5.91 Å². The number of ketones is 1. The second-order valence-corrected chi connectivity index (χ2v) is 8.83. The zero-order valence-electron chi connectivity index (χ0n) is 19.0. The molecular weight excluding hydrogens is 364 g/mol. The minimum absolute atomic E-state index is 0.128. The van der Waals surface area contributed by atoms with Crippen molar-refractivity contribution in [3.05, 3.63) is 12.2 Å². The zero-order chi connectivity index (χ0) is 21.5. The first-order valence-corrected chi connectivity index (χ1v) is 11.7. The standard InChI is InChI=1S/C24H44N2O3/c1-4-5-8-11-21(27)16-14-20-15-17-23(28)22(20)12-9-6-7-10-13-24(29)25-18-19-26(2)3/h14,16,20-22,27H,4-13,15,17-19H2,1-3H3,(H,25,29)/b16-14+/t20-,21-,22+/m0/s1. The Morgan fingerprint density at radius 1 is 1.21 bits per heavy atom. The quantitative estimate of drug-likeness (QED) is 0.298. The number of nitrogens with one attached hydrogen (secondary N) is 1. The molecule has 0 spiro atoms. The molecule has 0 saturated heterocycles. The molecule has 0 aromatic carbocycles. The molecule has 1 aliphatic rings. The van der Waals surface area contributed by atoms with Crippen molar-refractivity contribution in [2.24, 2.45) is 11.8 Å². The van der Waals surface area contributed by atoms with Crippen LogP contribution in [0.2, 0.25) is 0 Å². The van der Waals surface area contributed by atoms with Crippen LogP contribution in [0.15, 0.2) is 12.2 Å². The van der Waals surface area contributed by atoms with Crippen molar-refractivity contribution < 1.29 is 14.7 Å². The van der Waals surface area contributed by atoms with Crippen molar-refractivity contribution >= 4 is 11.7 Å². The number of unbranched alkanes of at least 4 members (excludes halogenated alkanes) is 5. The molecule has 1 amide bonds. The van der Waals surface area contributed by atoms with Crippen molar-refractivity contribution in [1.29, 1.82) is 0 Å². The Bertz CT molecular complexity index is 491. The summed E-state index contributed by atoms with van der Waals surface area (Å²) in [6, 6.07) is 0. The minimum Gasteiger partial charge on any atom is -0.389 e. The number of allylic oxidation sites excluding steroid dienone is 1. The van der Waals surface area contributed by atoms with E-state index in [4.69, 9.17) is 0 Å². The van der Waals surface area contributed by atoms with E-state index >= 15 is 0 Å². The van der Waals surface area contributed by atoms with Crippen molar-refractivity contribution in [3.63, 3.8) is 0 Å². The molecule has 0 heterocycles. The van der Waals surface area contributed by atoms with Gasteiger partial charge in [0.1, 0.15) is 5.78 Å². The molecule has 3 atom stereocenters. The van der Waals surface area contributed by atoms with Crippen LogP contribution >= 0.6 is 0 Å². The van der Waals surface area contributed by atoms with Gasteiger partial charge >= 0.3 is 0 Å². The molecule has 0 aromatic rings. The average molecular weight is 409 g/mol. The third-order valence-corrected chi connectivity index (χ3v) is 5.89. The maximum atomic E-state index is 12.2. The Hall–Kier alpha value is -1.20. The van der Waals surface area contributed by atoms with Gasteiger partial charge in [-0.3, -0.25) is 9.59 Å². The van der Waals surface area contributed by atoms with Crippen LogP contribution in [-0.2, 0) is 9.59 Å². The molecular formula is C24H44N2O3. The molecule has 29 heavy (non-hydrogen) atoms. The van der Waals surface area contributed by atoms with Crippen LogP contribution in [0.25, 0.3) is 0 Å². The number of hydrogen-bond acceptors (Lipinski definition) is 4. The Morgan fingerprint density at radius 2 is 1.97 bits per heavy atom. The molecule has 1 aliphatic carbocycles. The number of Topliss-reactive ketones (excluding diaryl/α,β-unsaturated/α-hetero) is 1. The molecule has 5 nitrogen and oxygen atoms in total. The maximum absolute atomic E-state index is 12.2. The van der Waals surface area contributed by atoms with Crippen LogP contribution in [0.3, 0.4) is 0 Å². The van der Waals surface area contributed by atoms with Gasteiger partial charge in [-0.05, 0) is 45.7 Å². The maximum Gasteiger partial charge on any atom is 0.220 e. The largest absolute Gasteiger partial charge is 0.389 e. The molecule has 1 fully saturated rings. The number of carbonyl (C=O) groups is 2. The lowest BCUT2D eigenvalue weighted by molar-refractivity contribution is -0.121. The van der Waals surface area contributed by atoms with E-state index in [1.807, 2.05) is 20.2 Å². The summed E-state index contributed by atoms with van der Waals surface area (Å²) in [6.45, 7) is 3.74. The minimum atomic E-state index is -0.373. The fourth-order valence-electron chi connectivity index (χ4n) is 4.02. The van der Waals surface area contributed by atoms with E-state index in [2.05, 4.69) is 23.2 Å². The highest BCUT2D eigenvalue weighted by atomic mass is 16.3. The van der Waals surface area contributed by atoms with Crippen molar-refractivity contribution in [1.82, 2.24) is 10.2 Å². The van der Waals surface area contributed by atoms with Crippen LogP contribution in [0.1, 0.15) is 84.0 Å². The number of rotatable bonds is 16. The third kappa shape index (κ3) is 12.2. The second-order valence-electron chi connectivity index (χ2n) is 8.83. The summed E-state index contributed by atoms with van der Waals surface area (Å²) in [7, 11) is 3.99. The lowest BCUT2D eigenvalue weighted by Gasteiger charge is -2.15. The monoisotopic (exact) mass is 408 g/mol. The van der Waals surface area contributed by atoms with E-state index in [0.717, 1.165) is 70.8 Å². The number of carbonyl (C=O) groups excluding carboxylic acids is 2. The van der Waals surface area contributed by atoms with Gasteiger partial charge in [-0.25, -0.2) is 0 Å². The number of nitrogens with zero attached hydrogens (tertiary/aromatic N) is 1. The highest BCUT2D eigenvalue weighted by Gasteiger charge is 2.32. The van der Waals surface area contributed by atoms with Gasteiger partial charge in [-0.2, -0.15) is 0 Å². The van der Waals surface area contributed by atoms with E-state index in [1.54, 1.807) is 0 Å². The SMILES string of the molecule is CCCCC[C@H](O)/C=C/[C@H]1CCC(=O)[C@@H]1CCCCCCC(=O)NCCN(C)C. The molecule has 0 aromatic heterocycles. The van der Waals surface area contributed by atoms with Crippen LogP contribution in [0.4, 0.5) is 0 Å². The fraction of sp³-hybridized carbons (Fsp3) is 0.833. The zero-order valence-corrected chi connectivity index (χ0v) is 19.0. The molecule has 2 N–H and O–H groups in total. The van der Waals surface area contributed by atoms with Crippen molar-refractivity contribution in [2.75, 3.05) is 27.2 Å². The summed E-state index contributed by atoms with van der Waals surface area (Å²) in [6.07, 6.45) is 15.1. The number of likely N-dealkylation sites (N-methyl/N-ethyl adjacent to an activating group) is 1. The van der Waals surface area contributed by atoms with Gasteiger partial charge in [0, 0.05) is 31.8 Å². The molecule has 168 valence electrons. The van der Waals surface area contributed by atoms with Crippen LogP contribution in [-0.4, -0.2) is 55.0 Å². The third-order valence-electron chi connectivity index (χ3n) is 5.89. The first-order valence-electron chi connectivity index (χ1n) is 11.7. The Morgan fingerprint density at radius 3 is 2.69 bits per heavy atom. The van der Waals surface area contributed by atoms with Crippen molar-refractivity contribution in [2.45, 2.75) is 90.1 Å². The summed E-state index contributed by atoms with van der Waals surface area (Å²) in [5.41, 5.74) is 0. The number of aliphatic hydroxyl groups is 1. The molecule has 0 unspecified atom stereocenters. The smallest absolute Gasteiger partial charge is 0.220 e. The van der Waals surface area contributed by atoms with Gasteiger partial charge in [0.25, 0.3) is 0 Å². The van der Waals surface area contributed by atoms with Gasteiger partial charge in [0.05, 0.1) is 6.10 Å². The summed E-state index contributed by atoms with van der Waals surface area (Å²) >= 11 is 0. The highest BCUT2D eigenvalue weighted by molar-refractivity contribution is 5.83. The molecule has 5 heteroatoms. The van der Waals surface area contributed by atoms with Gasteiger partial charge < -0.3 is 15.3 Å². The molecule has 0 bridgehead atoms. The average Bonchev–Trinajstić information content (AvgIpc) is 3.02. The number of aliphatic hydroxyl groups excluding tert-OH is 1. The van der Waals surface area contributed by atoms with E-state index in [0.29, 0.717) is 31.1 Å². The van der Waals surface area contributed by atoms with E-state index < -0.39 is 0 Å². The fourth-order valence-corrected chi connectivity index (χ4v) is 4.02. The van der Waals surface area contributed by atoms with E-state index in [-0.39, 0.29) is 17.9 Å². The van der Waals surface area contributed by atoms with Gasteiger partial charge in [-0.1, -0.05) is 57.6 Å². The Labute approximate surface area is 178 Å². The predicted molar refractivity (Wildman–Crippen MR) is 120 cm³/mol. The predicted octanol–water partition coefficient (Wildman–Crippen LogP) is 4.10. The molecule has 1 saturated carbocycles. The van der Waals surface area contributed by atoms with Crippen LogP contribution in [0, 0.1) is 11.8 Å². The first kappa shape index (κ1) is 25.8. The van der Waals surface area contributed by atoms with Gasteiger partial charge in [-0.15, -0.1) is 0 Å². The van der Waals surface area contributed by atoms with E-state index in [9.17, 15) is 14.7 Å². The topological polar surface area (TPSA) is 69.6 Å². The number of amides is 1. The summed E-state index contributed by atoms with van der Waals surface area (Å²) < 4.78 is 0.